The fourth-order valence-corrected chi connectivity index (χ4v) is 3.22. The van der Waals surface area contributed by atoms with Gasteiger partial charge in [-0.15, -0.1) is 11.3 Å². The monoisotopic (exact) mass is 238 g/mol. The molecule has 1 aliphatic rings. The van der Waals surface area contributed by atoms with E-state index >= 15 is 0 Å². The molecule has 1 aliphatic heterocycles. The number of piperidine rings is 1. The minimum absolute atomic E-state index is 0.238. The first-order valence-corrected chi connectivity index (χ1v) is 7.18. The van der Waals surface area contributed by atoms with Crippen LogP contribution in [0.1, 0.15) is 56.7 Å². The Morgan fingerprint density at radius 2 is 2.12 bits per heavy atom. The molecule has 0 unspecified atom stereocenters. The van der Waals surface area contributed by atoms with Crippen molar-refractivity contribution in [3.63, 3.8) is 0 Å². The maximum Gasteiger partial charge on any atom is 0.0960 e. The lowest BCUT2D eigenvalue weighted by atomic mass is 9.87. The molecule has 2 nitrogen and oxygen atoms in total. The Morgan fingerprint density at radius 3 is 2.75 bits per heavy atom. The Balaban J connectivity index is 2.12. The van der Waals surface area contributed by atoms with Crippen LogP contribution in [0.15, 0.2) is 5.38 Å². The number of hydrogen-bond acceptors (Lipinski definition) is 3. The zero-order valence-corrected chi connectivity index (χ0v) is 11.4. The summed E-state index contributed by atoms with van der Waals surface area (Å²) in [5.74, 6) is 0.702. The lowest BCUT2D eigenvalue weighted by molar-refractivity contribution is 0.452. The van der Waals surface area contributed by atoms with Crippen LogP contribution in [0.5, 0.6) is 0 Å². The Morgan fingerprint density at radius 1 is 1.44 bits per heavy atom. The molecule has 2 rings (SSSR count). The summed E-state index contributed by atoms with van der Waals surface area (Å²) >= 11 is 1.86. The summed E-state index contributed by atoms with van der Waals surface area (Å²) in [7, 11) is 0. The minimum atomic E-state index is 0.238. The van der Waals surface area contributed by atoms with Gasteiger partial charge in [-0.2, -0.15) is 0 Å². The predicted octanol–water partition coefficient (Wildman–Crippen LogP) is 3.30. The van der Waals surface area contributed by atoms with Crippen LogP contribution in [0, 0.1) is 0 Å². The Labute approximate surface area is 102 Å². The number of aromatic nitrogens is 1. The second kappa shape index (κ2) is 4.84. The molecule has 0 radical (unpaired) electrons. The number of hydrogen-bond donors (Lipinski definition) is 1. The topological polar surface area (TPSA) is 24.9 Å². The standard InChI is InChI=1S/C13H22N2S/c1-4-13(2,3)11-9-16-12(15-11)10-5-7-14-8-6-10/h9-10,14H,4-8H2,1-3H3. The van der Waals surface area contributed by atoms with E-state index in [1.807, 2.05) is 11.3 Å². The molecule has 1 aromatic heterocycles. The molecule has 2 heterocycles. The number of thiazole rings is 1. The summed E-state index contributed by atoms with van der Waals surface area (Å²) in [5, 5.41) is 7.03. The number of nitrogens with one attached hydrogen (secondary N) is 1. The molecule has 1 fully saturated rings. The highest BCUT2D eigenvalue weighted by atomic mass is 32.1. The lowest BCUT2D eigenvalue weighted by Gasteiger charge is -2.22. The third-order valence-electron chi connectivity index (χ3n) is 3.79. The van der Waals surface area contributed by atoms with Gasteiger partial charge in [0.05, 0.1) is 10.7 Å². The normalized spacial score (nSPS) is 18.9. The van der Waals surface area contributed by atoms with Crippen LogP contribution in [0.25, 0.3) is 0 Å². The molecule has 0 aromatic carbocycles. The van der Waals surface area contributed by atoms with Gasteiger partial charge in [0.2, 0.25) is 0 Å². The molecule has 0 bridgehead atoms. The van der Waals surface area contributed by atoms with E-state index in [1.54, 1.807) is 0 Å². The average Bonchev–Trinajstić information content (AvgIpc) is 2.80. The molecule has 0 amide bonds. The molecular weight excluding hydrogens is 216 g/mol. The van der Waals surface area contributed by atoms with E-state index in [1.165, 1.54) is 23.5 Å². The Hall–Kier alpha value is -0.410. The first kappa shape index (κ1) is 12.1. The van der Waals surface area contributed by atoms with Crippen LogP contribution in [0.2, 0.25) is 0 Å². The zero-order chi connectivity index (χ0) is 11.6. The van der Waals surface area contributed by atoms with Gasteiger partial charge in [0.15, 0.2) is 0 Å². The highest BCUT2D eigenvalue weighted by Crippen LogP contribution is 2.33. The van der Waals surface area contributed by atoms with Gasteiger partial charge in [0, 0.05) is 16.7 Å². The van der Waals surface area contributed by atoms with Crippen molar-refractivity contribution in [2.75, 3.05) is 13.1 Å². The van der Waals surface area contributed by atoms with Gasteiger partial charge in [-0.1, -0.05) is 20.8 Å². The first-order valence-electron chi connectivity index (χ1n) is 6.30. The fourth-order valence-electron chi connectivity index (χ4n) is 2.04. The molecule has 3 heteroatoms. The van der Waals surface area contributed by atoms with Crippen LogP contribution in [-0.4, -0.2) is 18.1 Å². The summed E-state index contributed by atoms with van der Waals surface area (Å²) in [5.41, 5.74) is 1.52. The van der Waals surface area contributed by atoms with Crippen LogP contribution >= 0.6 is 11.3 Å². The molecule has 0 aliphatic carbocycles. The summed E-state index contributed by atoms with van der Waals surface area (Å²) in [4.78, 5) is 4.87. The summed E-state index contributed by atoms with van der Waals surface area (Å²) in [6.45, 7) is 9.11. The SMILES string of the molecule is CCC(C)(C)c1csc(C2CCNCC2)n1. The van der Waals surface area contributed by atoms with Crippen molar-refractivity contribution >= 4 is 11.3 Å². The van der Waals surface area contributed by atoms with Crippen LogP contribution < -0.4 is 5.32 Å². The van der Waals surface area contributed by atoms with E-state index in [2.05, 4.69) is 31.5 Å². The van der Waals surface area contributed by atoms with E-state index in [0.717, 1.165) is 19.5 Å². The molecular formula is C13H22N2S. The van der Waals surface area contributed by atoms with Crippen molar-refractivity contribution in [3.8, 4) is 0 Å². The van der Waals surface area contributed by atoms with E-state index < -0.39 is 0 Å². The first-order chi connectivity index (χ1) is 7.63. The zero-order valence-electron chi connectivity index (χ0n) is 10.5. The third-order valence-corrected chi connectivity index (χ3v) is 4.79. The van der Waals surface area contributed by atoms with Crippen molar-refractivity contribution in [1.82, 2.24) is 10.3 Å². The van der Waals surface area contributed by atoms with Crippen molar-refractivity contribution in [1.29, 1.82) is 0 Å². The van der Waals surface area contributed by atoms with Crippen molar-refractivity contribution < 1.29 is 0 Å². The number of rotatable bonds is 3. The lowest BCUT2D eigenvalue weighted by Crippen LogP contribution is -2.26. The Bertz CT molecular complexity index is 337. The van der Waals surface area contributed by atoms with E-state index in [0.29, 0.717) is 5.92 Å². The third kappa shape index (κ3) is 2.46. The second-order valence-corrected chi connectivity index (χ2v) is 6.22. The molecule has 1 saturated heterocycles. The molecule has 0 atom stereocenters. The van der Waals surface area contributed by atoms with E-state index in [9.17, 15) is 0 Å². The Kier molecular flexibility index (Phi) is 3.65. The predicted molar refractivity (Wildman–Crippen MR) is 70.3 cm³/mol. The summed E-state index contributed by atoms with van der Waals surface area (Å²) in [6, 6.07) is 0. The summed E-state index contributed by atoms with van der Waals surface area (Å²) < 4.78 is 0. The quantitative estimate of drug-likeness (QED) is 0.874. The van der Waals surface area contributed by atoms with Gasteiger partial charge in [0.25, 0.3) is 0 Å². The van der Waals surface area contributed by atoms with Crippen LogP contribution in [0.3, 0.4) is 0 Å². The minimum Gasteiger partial charge on any atom is -0.317 e. The largest absolute Gasteiger partial charge is 0.317 e. The van der Waals surface area contributed by atoms with Gasteiger partial charge < -0.3 is 5.32 Å². The molecule has 0 spiro atoms. The maximum absolute atomic E-state index is 4.87. The fraction of sp³-hybridized carbons (Fsp3) is 0.769. The smallest absolute Gasteiger partial charge is 0.0960 e. The molecule has 1 aromatic rings. The molecule has 90 valence electrons. The van der Waals surface area contributed by atoms with Crippen LogP contribution in [-0.2, 0) is 5.41 Å². The van der Waals surface area contributed by atoms with Gasteiger partial charge in [-0.3, -0.25) is 0 Å². The van der Waals surface area contributed by atoms with Crippen molar-refractivity contribution in [2.24, 2.45) is 0 Å². The maximum atomic E-state index is 4.87. The number of nitrogens with zero attached hydrogens (tertiary/aromatic N) is 1. The van der Waals surface area contributed by atoms with Gasteiger partial charge in [0.1, 0.15) is 0 Å². The summed E-state index contributed by atoms with van der Waals surface area (Å²) in [6.07, 6.45) is 3.65. The van der Waals surface area contributed by atoms with Crippen LogP contribution in [0.4, 0.5) is 0 Å². The molecule has 0 saturated carbocycles. The van der Waals surface area contributed by atoms with Gasteiger partial charge in [-0.05, 0) is 32.4 Å². The average molecular weight is 238 g/mol. The van der Waals surface area contributed by atoms with Crippen molar-refractivity contribution in [3.05, 3.63) is 16.1 Å². The van der Waals surface area contributed by atoms with E-state index in [-0.39, 0.29) is 5.41 Å². The highest BCUT2D eigenvalue weighted by Gasteiger charge is 2.24. The molecule has 16 heavy (non-hydrogen) atoms. The second-order valence-electron chi connectivity index (χ2n) is 5.33. The van der Waals surface area contributed by atoms with Gasteiger partial charge >= 0.3 is 0 Å². The van der Waals surface area contributed by atoms with Gasteiger partial charge in [-0.25, -0.2) is 4.98 Å². The van der Waals surface area contributed by atoms with Crippen molar-refractivity contribution in [2.45, 2.75) is 51.4 Å². The highest BCUT2D eigenvalue weighted by molar-refractivity contribution is 7.09. The van der Waals surface area contributed by atoms with E-state index in [4.69, 9.17) is 4.98 Å². The molecule has 1 N–H and O–H groups in total.